The van der Waals surface area contributed by atoms with Crippen molar-refractivity contribution in [3.8, 4) is 0 Å². The number of nitrogens with two attached hydrogens (primary N) is 1. The van der Waals surface area contributed by atoms with Gasteiger partial charge in [0.1, 0.15) is 16.9 Å². The highest BCUT2D eigenvalue weighted by molar-refractivity contribution is 6.30. The number of carbonyl (C=O) groups excluding carboxylic acids is 1. The van der Waals surface area contributed by atoms with Crippen molar-refractivity contribution in [2.45, 2.75) is 13.1 Å². The number of aromatic nitrogens is 3. The summed E-state index contributed by atoms with van der Waals surface area (Å²) in [7, 11) is 0. The predicted molar refractivity (Wildman–Crippen MR) is 112 cm³/mol. The number of hydrogen-bond donors (Lipinski definition) is 2. The maximum atomic E-state index is 12.9. The molecule has 0 spiro atoms. The summed E-state index contributed by atoms with van der Waals surface area (Å²) < 4.78 is 1.75. The Morgan fingerprint density at radius 2 is 1.82 bits per heavy atom. The number of nitrogen functional groups attached to an aromatic ring is 1. The molecule has 4 rings (SSSR count). The van der Waals surface area contributed by atoms with E-state index in [4.69, 9.17) is 17.3 Å². The second kappa shape index (κ2) is 7.32. The first-order valence-electron chi connectivity index (χ1n) is 8.76. The lowest BCUT2D eigenvalue weighted by molar-refractivity contribution is 0.0953. The van der Waals surface area contributed by atoms with Crippen LogP contribution in [-0.4, -0.2) is 20.4 Å². The first-order valence-corrected chi connectivity index (χ1v) is 9.14. The number of nitrogens with zero attached hydrogens (tertiary/aromatic N) is 3. The van der Waals surface area contributed by atoms with Gasteiger partial charge >= 0.3 is 0 Å². The number of nitrogens with one attached hydrogen (secondary N) is 1. The summed E-state index contributed by atoms with van der Waals surface area (Å²) in [6.07, 6.45) is 1.71. The molecule has 0 saturated heterocycles. The number of carbonyl (C=O) groups is 1. The molecular weight excluding hydrogens is 374 g/mol. The van der Waals surface area contributed by atoms with Gasteiger partial charge in [0.25, 0.3) is 5.91 Å². The van der Waals surface area contributed by atoms with Crippen molar-refractivity contribution in [2.24, 2.45) is 0 Å². The Morgan fingerprint density at radius 1 is 1.14 bits per heavy atom. The van der Waals surface area contributed by atoms with Crippen molar-refractivity contribution in [3.05, 3.63) is 77.3 Å². The van der Waals surface area contributed by atoms with E-state index in [0.29, 0.717) is 46.2 Å². The van der Waals surface area contributed by atoms with Crippen LogP contribution in [0.4, 0.5) is 5.82 Å². The van der Waals surface area contributed by atoms with Crippen LogP contribution in [-0.2, 0) is 13.1 Å². The van der Waals surface area contributed by atoms with Gasteiger partial charge in [-0.1, -0.05) is 41.9 Å². The Labute approximate surface area is 166 Å². The van der Waals surface area contributed by atoms with Crippen molar-refractivity contribution in [2.75, 3.05) is 5.73 Å². The lowest BCUT2D eigenvalue weighted by Crippen LogP contribution is -2.24. The van der Waals surface area contributed by atoms with Gasteiger partial charge in [0, 0.05) is 18.1 Å². The van der Waals surface area contributed by atoms with Crippen molar-refractivity contribution >= 4 is 45.5 Å². The topological polar surface area (TPSA) is 85.8 Å². The first-order chi connectivity index (χ1) is 13.6. The second-order valence-electron chi connectivity index (χ2n) is 6.35. The van der Waals surface area contributed by atoms with Gasteiger partial charge in [0.2, 0.25) is 0 Å². The number of fused-ring (bicyclic) bond motifs is 2. The summed E-state index contributed by atoms with van der Waals surface area (Å²) in [5.74, 6) is 0.0173. The number of benzene rings is 2. The number of para-hydroxylation sites is 2. The van der Waals surface area contributed by atoms with Gasteiger partial charge in [0.05, 0.1) is 11.0 Å². The minimum atomic E-state index is -0.301. The molecular formula is C21H18ClN5O. The van der Waals surface area contributed by atoms with Gasteiger partial charge in [-0.15, -0.1) is 6.58 Å². The van der Waals surface area contributed by atoms with Gasteiger partial charge < -0.3 is 15.6 Å². The molecule has 28 heavy (non-hydrogen) atoms. The maximum Gasteiger partial charge on any atom is 0.257 e. The zero-order chi connectivity index (χ0) is 19.7. The van der Waals surface area contributed by atoms with E-state index in [0.717, 1.165) is 11.1 Å². The molecule has 2 heterocycles. The fourth-order valence-electron chi connectivity index (χ4n) is 3.13. The summed E-state index contributed by atoms with van der Waals surface area (Å²) in [6.45, 7) is 4.55. The molecule has 0 bridgehead atoms. The Hall–Kier alpha value is -3.38. The van der Waals surface area contributed by atoms with Crippen LogP contribution in [0.15, 0.2) is 61.2 Å². The molecule has 0 aliphatic heterocycles. The molecule has 2 aromatic carbocycles. The van der Waals surface area contributed by atoms with Crippen LogP contribution in [0, 0.1) is 0 Å². The second-order valence-corrected chi connectivity index (χ2v) is 6.79. The van der Waals surface area contributed by atoms with Crippen LogP contribution in [0.5, 0.6) is 0 Å². The summed E-state index contributed by atoms with van der Waals surface area (Å²) in [5, 5.41) is 3.55. The van der Waals surface area contributed by atoms with Crippen LogP contribution >= 0.6 is 11.6 Å². The number of halogens is 1. The van der Waals surface area contributed by atoms with Crippen molar-refractivity contribution in [3.63, 3.8) is 0 Å². The molecule has 3 N–H and O–H groups in total. The lowest BCUT2D eigenvalue weighted by atomic mass is 10.2. The van der Waals surface area contributed by atoms with Crippen LogP contribution in [0.3, 0.4) is 0 Å². The number of rotatable bonds is 5. The van der Waals surface area contributed by atoms with Crippen molar-refractivity contribution in [1.82, 2.24) is 19.9 Å². The van der Waals surface area contributed by atoms with E-state index in [2.05, 4.69) is 21.9 Å². The maximum absolute atomic E-state index is 12.9. The summed E-state index contributed by atoms with van der Waals surface area (Å²) in [6, 6.07) is 14.8. The van der Waals surface area contributed by atoms with Gasteiger partial charge in [-0.3, -0.25) is 4.79 Å². The Bertz CT molecular complexity index is 1200. The van der Waals surface area contributed by atoms with E-state index in [1.54, 1.807) is 22.8 Å². The van der Waals surface area contributed by atoms with Crippen LogP contribution in [0.1, 0.15) is 15.9 Å². The molecule has 0 aliphatic rings. The molecule has 2 aromatic heterocycles. The zero-order valence-corrected chi connectivity index (χ0v) is 15.8. The minimum Gasteiger partial charge on any atom is -0.384 e. The summed E-state index contributed by atoms with van der Waals surface area (Å²) in [5.41, 5.74) is 10.1. The molecule has 0 unspecified atom stereocenters. The zero-order valence-electron chi connectivity index (χ0n) is 15.0. The average molecular weight is 392 g/mol. The Balaban J connectivity index is 1.77. The quantitative estimate of drug-likeness (QED) is 0.504. The highest BCUT2D eigenvalue weighted by Crippen LogP contribution is 2.28. The fourth-order valence-corrected chi connectivity index (χ4v) is 3.25. The number of amides is 1. The standard InChI is InChI=1S/C21H18ClN5O/c1-2-11-27-19(23)17(21(28)24-12-13-7-9-14(22)10-8-13)18-20(27)26-16-6-4-3-5-15(16)25-18/h2-10H,1,11-12,23H2,(H,24,28). The van der Waals surface area contributed by atoms with Crippen molar-refractivity contribution in [1.29, 1.82) is 0 Å². The number of anilines is 1. The van der Waals surface area contributed by atoms with E-state index in [1.807, 2.05) is 36.4 Å². The van der Waals surface area contributed by atoms with Crippen LogP contribution < -0.4 is 11.1 Å². The van der Waals surface area contributed by atoms with Gasteiger partial charge in [0.15, 0.2) is 5.65 Å². The normalized spacial score (nSPS) is 11.0. The number of hydrogen-bond acceptors (Lipinski definition) is 4. The highest BCUT2D eigenvalue weighted by Gasteiger charge is 2.23. The molecule has 140 valence electrons. The van der Waals surface area contributed by atoms with E-state index in [9.17, 15) is 4.79 Å². The Kier molecular flexibility index (Phi) is 4.71. The van der Waals surface area contributed by atoms with E-state index in [-0.39, 0.29) is 5.91 Å². The number of allylic oxidation sites excluding steroid dienone is 1. The highest BCUT2D eigenvalue weighted by atomic mass is 35.5. The third-order valence-corrected chi connectivity index (χ3v) is 4.75. The fraction of sp³-hybridized carbons (Fsp3) is 0.0952. The molecule has 0 aliphatic carbocycles. The average Bonchev–Trinajstić information content (AvgIpc) is 2.97. The predicted octanol–water partition coefficient (Wildman–Crippen LogP) is 3.94. The molecule has 7 heteroatoms. The third-order valence-electron chi connectivity index (χ3n) is 4.50. The lowest BCUT2D eigenvalue weighted by Gasteiger charge is -2.06. The van der Waals surface area contributed by atoms with Gasteiger partial charge in [-0.2, -0.15) is 0 Å². The van der Waals surface area contributed by atoms with Gasteiger partial charge in [-0.05, 0) is 29.8 Å². The van der Waals surface area contributed by atoms with Gasteiger partial charge in [-0.25, -0.2) is 9.97 Å². The monoisotopic (exact) mass is 391 g/mol. The molecule has 0 radical (unpaired) electrons. The van der Waals surface area contributed by atoms with E-state index >= 15 is 0 Å². The minimum absolute atomic E-state index is 0.301. The molecule has 0 saturated carbocycles. The SMILES string of the molecule is C=CCn1c(N)c(C(=O)NCc2ccc(Cl)cc2)c2nc3ccccc3nc21. The van der Waals surface area contributed by atoms with E-state index in [1.165, 1.54) is 0 Å². The van der Waals surface area contributed by atoms with Crippen LogP contribution in [0.2, 0.25) is 5.02 Å². The first kappa shape index (κ1) is 18.0. The van der Waals surface area contributed by atoms with Crippen LogP contribution in [0.25, 0.3) is 22.2 Å². The molecule has 6 nitrogen and oxygen atoms in total. The third kappa shape index (κ3) is 3.18. The summed E-state index contributed by atoms with van der Waals surface area (Å²) >= 11 is 5.91. The van der Waals surface area contributed by atoms with Crippen molar-refractivity contribution < 1.29 is 4.79 Å². The summed E-state index contributed by atoms with van der Waals surface area (Å²) in [4.78, 5) is 22.3. The molecule has 0 fully saturated rings. The van der Waals surface area contributed by atoms with E-state index < -0.39 is 0 Å². The molecule has 0 atom stereocenters. The Morgan fingerprint density at radius 3 is 2.50 bits per heavy atom. The molecule has 1 amide bonds. The largest absolute Gasteiger partial charge is 0.384 e. The smallest absolute Gasteiger partial charge is 0.257 e. The molecule has 4 aromatic rings.